The highest BCUT2D eigenvalue weighted by Gasteiger charge is 2.46. The molecule has 2 aromatic carbocycles. The minimum Gasteiger partial charge on any atom is -0.507 e. The Morgan fingerprint density at radius 2 is 1.78 bits per heavy atom. The molecule has 2 aromatic rings. The van der Waals surface area contributed by atoms with Crippen LogP contribution in [0.1, 0.15) is 60.3 Å². The van der Waals surface area contributed by atoms with E-state index in [1.807, 2.05) is 13.0 Å². The second-order valence-electron chi connectivity index (χ2n) is 9.44. The minimum absolute atomic E-state index is 0.0390. The summed E-state index contributed by atoms with van der Waals surface area (Å²) in [4.78, 5) is 42.3. The van der Waals surface area contributed by atoms with Crippen LogP contribution in [0.2, 0.25) is 0 Å². The zero-order chi connectivity index (χ0) is 26.7. The maximum absolute atomic E-state index is 13.3. The fourth-order valence-electron chi connectivity index (χ4n) is 5.11. The van der Waals surface area contributed by atoms with E-state index < -0.39 is 23.7 Å². The molecule has 2 aliphatic rings. The van der Waals surface area contributed by atoms with Gasteiger partial charge in [-0.2, -0.15) is 0 Å². The zero-order valence-electron chi connectivity index (χ0n) is 21.8. The molecule has 4 rings (SSSR count). The molecule has 2 heterocycles. The van der Waals surface area contributed by atoms with E-state index >= 15 is 0 Å². The van der Waals surface area contributed by atoms with Crippen LogP contribution in [0.25, 0.3) is 5.76 Å². The number of Topliss-reactive ketones (excluding diaryl/α,β-unsaturated/α-hetero) is 1. The molecule has 1 fully saturated rings. The standard InChI is InChI=1S/C29H34N2O6/c1-5-30(6-2)14-7-15-31-25(19-8-10-20(11-9-19)29(35)36-4)24(27(33)28(31)34)26(32)21-12-13-23-22(17-21)16-18(3)37-23/h8-13,17-18,25,32H,5-7,14-16H2,1-4H3/t18-,25+/m0/s1. The summed E-state index contributed by atoms with van der Waals surface area (Å²) in [6.07, 6.45) is 1.42. The molecule has 0 radical (unpaired) electrons. The van der Waals surface area contributed by atoms with Crippen molar-refractivity contribution in [2.24, 2.45) is 0 Å². The average Bonchev–Trinajstić information content (AvgIpc) is 3.41. The first-order chi connectivity index (χ1) is 17.8. The third-order valence-electron chi connectivity index (χ3n) is 7.12. The Bertz CT molecular complexity index is 1220. The number of aliphatic hydroxyl groups is 1. The number of hydrogen-bond donors (Lipinski definition) is 1. The normalized spacial score (nSPS) is 20.3. The van der Waals surface area contributed by atoms with Crippen molar-refractivity contribution < 1.29 is 29.0 Å². The summed E-state index contributed by atoms with van der Waals surface area (Å²) in [7, 11) is 1.31. The topological polar surface area (TPSA) is 96.4 Å². The molecule has 1 N–H and O–H groups in total. The van der Waals surface area contributed by atoms with Gasteiger partial charge in [0.1, 0.15) is 17.6 Å². The largest absolute Gasteiger partial charge is 0.507 e. The summed E-state index contributed by atoms with van der Waals surface area (Å²) in [5, 5.41) is 11.4. The van der Waals surface area contributed by atoms with Gasteiger partial charge in [-0.15, -0.1) is 0 Å². The van der Waals surface area contributed by atoms with Crippen LogP contribution in [0.3, 0.4) is 0 Å². The number of carbonyl (C=O) groups is 3. The van der Waals surface area contributed by atoms with Crippen molar-refractivity contribution in [2.75, 3.05) is 33.3 Å². The fraction of sp³-hybridized carbons (Fsp3) is 0.414. The molecule has 8 nitrogen and oxygen atoms in total. The Morgan fingerprint density at radius 3 is 2.43 bits per heavy atom. The van der Waals surface area contributed by atoms with Gasteiger partial charge in [-0.3, -0.25) is 9.59 Å². The lowest BCUT2D eigenvalue weighted by molar-refractivity contribution is -0.140. The lowest BCUT2D eigenvalue weighted by Gasteiger charge is -2.27. The van der Waals surface area contributed by atoms with Crippen molar-refractivity contribution in [1.82, 2.24) is 9.80 Å². The summed E-state index contributed by atoms with van der Waals surface area (Å²) >= 11 is 0. The van der Waals surface area contributed by atoms with Gasteiger partial charge >= 0.3 is 5.97 Å². The van der Waals surface area contributed by atoms with Crippen LogP contribution in [-0.4, -0.2) is 72.0 Å². The van der Waals surface area contributed by atoms with E-state index in [9.17, 15) is 19.5 Å². The Balaban J connectivity index is 1.74. The second kappa shape index (κ2) is 11.2. The second-order valence-corrected chi connectivity index (χ2v) is 9.44. The molecule has 2 aliphatic heterocycles. The van der Waals surface area contributed by atoms with Crippen LogP contribution in [0, 0.1) is 0 Å². The Kier molecular flexibility index (Phi) is 7.97. The van der Waals surface area contributed by atoms with Crippen molar-refractivity contribution in [3.63, 3.8) is 0 Å². The van der Waals surface area contributed by atoms with Crippen LogP contribution >= 0.6 is 0 Å². The first kappa shape index (κ1) is 26.4. The first-order valence-corrected chi connectivity index (χ1v) is 12.8. The third kappa shape index (κ3) is 5.25. The molecule has 1 saturated heterocycles. The number of ketones is 1. The van der Waals surface area contributed by atoms with Gasteiger partial charge < -0.3 is 24.4 Å². The molecule has 1 amide bonds. The number of fused-ring (bicyclic) bond motifs is 1. The quantitative estimate of drug-likeness (QED) is 0.238. The summed E-state index contributed by atoms with van der Waals surface area (Å²) in [5.74, 6) is -1.28. The monoisotopic (exact) mass is 506 g/mol. The number of aliphatic hydroxyl groups excluding tert-OH is 1. The van der Waals surface area contributed by atoms with Crippen LogP contribution in [0.5, 0.6) is 5.75 Å². The Labute approximate surface area is 217 Å². The molecule has 0 unspecified atom stereocenters. The van der Waals surface area contributed by atoms with E-state index in [4.69, 9.17) is 9.47 Å². The number of esters is 1. The predicted octanol–water partition coefficient (Wildman–Crippen LogP) is 3.95. The van der Waals surface area contributed by atoms with Crippen molar-refractivity contribution in [1.29, 1.82) is 0 Å². The van der Waals surface area contributed by atoms with E-state index in [1.165, 1.54) is 12.0 Å². The third-order valence-corrected chi connectivity index (χ3v) is 7.12. The fourth-order valence-corrected chi connectivity index (χ4v) is 5.11. The molecule has 196 valence electrons. The van der Waals surface area contributed by atoms with Gasteiger partial charge in [-0.25, -0.2) is 4.79 Å². The summed E-state index contributed by atoms with van der Waals surface area (Å²) in [6, 6.07) is 11.1. The van der Waals surface area contributed by atoms with Gasteiger partial charge in [0.15, 0.2) is 0 Å². The lowest BCUT2D eigenvalue weighted by Crippen LogP contribution is -2.33. The van der Waals surface area contributed by atoms with Crippen molar-refractivity contribution in [3.05, 3.63) is 70.3 Å². The number of carbonyl (C=O) groups excluding carboxylic acids is 3. The van der Waals surface area contributed by atoms with Gasteiger partial charge in [-0.05, 0) is 74.4 Å². The Hall–Kier alpha value is -3.65. The highest BCUT2D eigenvalue weighted by molar-refractivity contribution is 6.46. The van der Waals surface area contributed by atoms with E-state index in [2.05, 4.69) is 18.7 Å². The van der Waals surface area contributed by atoms with Gasteiger partial charge in [0, 0.05) is 18.5 Å². The molecule has 0 bridgehead atoms. The smallest absolute Gasteiger partial charge is 0.337 e. The molecule has 0 aliphatic carbocycles. The molecule has 0 aromatic heterocycles. The molecule has 8 heteroatoms. The van der Waals surface area contributed by atoms with Gasteiger partial charge in [0.05, 0.1) is 24.3 Å². The number of benzene rings is 2. The van der Waals surface area contributed by atoms with Crippen LogP contribution in [0.15, 0.2) is 48.0 Å². The zero-order valence-corrected chi connectivity index (χ0v) is 21.8. The molecular formula is C29H34N2O6. The van der Waals surface area contributed by atoms with Crippen molar-refractivity contribution in [3.8, 4) is 5.75 Å². The highest BCUT2D eigenvalue weighted by atomic mass is 16.5. The van der Waals surface area contributed by atoms with Crippen molar-refractivity contribution >= 4 is 23.4 Å². The van der Waals surface area contributed by atoms with E-state index in [1.54, 1.807) is 36.4 Å². The van der Waals surface area contributed by atoms with Gasteiger partial charge in [0.2, 0.25) is 0 Å². The number of amides is 1. The number of ether oxygens (including phenoxy) is 2. The highest BCUT2D eigenvalue weighted by Crippen LogP contribution is 2.40. The summed E-state index contributed by atoms with van der Waals surface area (Å²) in [5.41, 5.74) is 2.45. The summed E-state index contributed by atoms with van der Waals surface area (Å²) < 4.78 is 10.6. The van der Waals surface area contributed by atoms with Gasteiger partial charge in [0.25, 0.3) is 11.7 Å². The van der Waals surface area contributed by atoms with Gasteiger partial charge in [-0.1, -0.05) is 26.0 Å². The minimum atomic E-state index is -0.771. The summed E-state index contributed by atoms with van der Waals surface area (Å²) in [6.45, 7) is 9.08. The number of hydrogen-bond acceptors (Lipinski definition) is 7. The number of rotatable bonds is 9. The van der Waals surface area contributed by atoms with E-state index in [0.29, 0.717) is 36.1 Å². The molecule has 0 saturated carbocycles. The Morgan fingerprint density at radius 1 is 1.11 bits per heavy atom. The number of nitrogens with zero attached hydrogens (tertiary/aromatic N) is 2. The average molecular weight is 507 g/mol. The first-order valence-electron chi connectivity index (χ1n) is 12.8. The SMILES string of the molecule is CCN(CC)CCCN1C(=O)C(=O)C(=C(O)c2ccc3c(c2)C[C@H](C)O3)[C@H]1c1ccc(C(=O)OC)cc1. The van der Waals surface area contributed by atoms with E-state index in [0.717, 1.165) is 30.9 Å². The predicted molar refractivity (Wildman–Crippen MR) is 139 cm³/mol. The number of likely N-dealkylation sites (tertiary alicyclic amines) is 1. The van der Waals surface area contributed by atoms with Crippen LogP contribution < -0.4 is 4.74 Å². The maximum atomic E-state index is 13.3. The van der Waals surface area contributed by atoms with Crippen LogP contribution in [0.4, 0.5) is 0 Å². The molecule has 2 atom stereocenters. The molecular weight excluding hydrogens is 472 g/mol. The van der Waals surface area contributed by atoms with Crippen LogP contribution in [-0.2, 0) is 20.7 Å². The lowest BCUT2D eigenvalue weighted by atomic mass is 9.94. The van der Waals surface area contributed by atoms with Crippen molar-refractivity contribution in [2.45, 2.75) is 45.8 Å². The van der Waals surface area contributed by atoms with E-state index in [-0.39, 0.29) is 17.4 Å². The number of methoxy groups -OCH3 is 1. The maximum Gasteiger partial charge on any atom is 0.337 e. The molecule has 37 heavy (non-hydrogen) atoms. The molecule has 0 spiro atoms.